The van der Waals surface area contributed by atoms with Crippen molar-refractivity contribution in [1.29, 1.82) is 0 Å². The molecule has 0 spiro atoms. The molecule has 0 atom stereocenters. The van der Waals surface area contributed by atoms with Gasteiger partial charge in [-0.25, -0.2) is 0 Å². The molecule has 4 heteroatoms. The number of nitrogens with zero attached hydrogens (tertiary/aromatic N) is 3. The molecule has 0 saturated carbocycles. The van der Waals surface area contributed by atoms with E-state index in [4.69, 9.17) is 0 Å². The smallest absolute Gasteiger partial charge is 0.0661 e. The SMILES string of the molecule is c1ccc(N(c2ccccc2)c2cc(N(c3ccccc3)c3ccccc3)c3sc4c(-c5ccc6c7ccccc7n(-c7ccccc7)c6c5)cccc4c3c2)cc1. The summed E-state index contributed by atoms with van der Waals surface area (Å²) in [5, 5.41) is 4.98. The molecule has 0 saturated heterocycles. The lowest BCUT2D eigenvalue weighted by molar-refractivity contribution is 1.18. The molecule has 0 aliphatic heterocycles. The number of hydrogen-bond acceptors (Lipinski definition) is 3. The van der Waals surface area contributed by atoms with Crippen LogP contribution in [0, 0.1) is 0 Å². The van der Waals surface area contributed by atoms with Gasteiger partial charge in [0.2, 0.25) is 0 Å². The predicted octanol–water partition coefficient (Wildman–Crippen LogP) is 15.8. The number of thiophene rings is 1. The van der Waals surface area contributed by atoms with Gasteiger partial charge in [0.1, 0.15) is 0 Å². The van der Waals surface area contributed by atoms with Gasteiger partial charge < -0.3 is 14.4 Å². The lowest BCUT2D eigenvalue weighted by Gasteiger charge is -2.30. The maximum absolute atomic E-state index is 2.42. The number of benzene rings is 9. The lowest BCUT2D eigenvalue weighted by Crippen LogP contribution is -2.13. The summed E-state index contributed by atoms with van der Waals surface area (Å²) in [7, 11) is 0. The van der Waals surface area contributed by atoms with E-state index >= 15 is 0 Å². The fourth-order valence-electron chi connectivity index (χ4n) is 8.57. The molecule has 11 aromatic rings. The number of rotatable bonds is 8. The van der Waals surface area contributed by atoms with Crippen molar-refractivity contribution in [1.82, 2.24) is 4.57 Å². The summed E-state index contributed by atoms with van der Waals surface area (Å²) in [4.78, 5) is 4.79. The topological polar surface area (TPSA) is 11.4 Å². The third-order valence-electron chi connectivity index (χ3n) is 11.1. The van der Waals surface area contributed by atoms with E-state index in [1.165, 1.54) is 53.1 Å². The molecular formula is C54H37N3S. The third-order valence-corrected chi connectivity index (χ3v) is 12.4. The quantitative estimate of drug-likeness (QED) is 0.153. The average Bonchev–Trinajstić information content (AvgIpc) is 3.84. The van der Waals surface area contributed by atoms with E-state index < -0.39 is 0 Å². The van der Waals surface area contributed by atoms with Crippen LogP contribution in [0.2, 0.25) is 0 Å². The molecule has 0 aliphatic rings. The lowest BCUT2D eigenvalue weighted by atomic mass is 10.0. The van der Waals surface area contributed by atoms with Crippen LogP contribution in [-0.2, 0) is 0 Å². The minimum atomic E-state index is 1.09. The van der Waals surface area contributed by atoms with Crippen molar-refractivity contribution in [2.75, 3.05) is 9.80 Å². The van der Waals surface area contributed by atoms with Crippen molar-refractivity contribution < 1.29 is 0 Å². The van der Waals surface area contributed by atoms with Crippen LogP contribution in [0.3, 0.4) is 0 Å². The van der Waals surface area contributed by atoms with Crippen molar-refractivity contribution in [2.45, 2.75) is 0 Å². The Hall–Kier alpha value is -7.40. The molecule has 274 valence electrons. The van der Waals surface area contributed by atoms with Gasteiger partial charge in [-0.15, -0.1) is 11.3 Å². The van der Waals surface area contributed by atoms with Gasteiger partial charge in [-0.3, -0.25) is 0 Å². The van der Waals surface area contributed by atoms with Crippen molar-refractivity contribution in [3.63, 3.8) is 0 Å². The van der Waals surface area contributed by atoms with Crippen LogP contribution in [0.25, 0.3) is 58.8 Å². The van der Waals surface area contributed by atoms with E-state index in [0.717, 1.165) is 39.8 Å². The van der Waals surface area contributed by atoms with Gasteiger partial charge in [0.05, 0.1) is 21.4 Å². The highest BCUT2D eigenvalue weighted by Crippen LogP contribution is 2.50. The largest absolute Gasteiger partial charge is 0.310 e. The zero-order valence-electron chi connectivity index (χ0n) is 31.6. The van der Waals surface area contributed by atoms with Gasteiger partial charge in [-0.05, 0) is 96.1 Å². The van der Waals surface area contributed by atoms with Crippen LogP contribution >= 0.6 is 11.3 Å². The minimum absolute atomic E-state index is 1.09. The van der Waals surface area contributed by atoms with Crippen molar-refractivity contribution >= 4 is 87.4 Å². The first-order chi connectivity index (χ1) is 28.8. The summed E-state index contributed by atoms with van der Waals surface area (Å²) < 4.78 is 4.91. The Labute approximate surface area is 341 Å². The van der Waals surface area contributed by atoms with E-state index in [2.05, 4.69) is 239 Å². The Morgan fingerprint density at radius 2 is 0.845 bits per heavy atom. The Kier molecular flexibility index (Phi) is 8.34. The maximum Gasteiger partial charge on any atom is 0.0661 e. The summed E-state index contributed by atoms with van der Waals surface area (Å²) in [5.74, 6) is 0. The maximum atomic E-state index is 2.42. The molecule has 2 heterocycles. The summed E-state index contributed by atoms with van der Waals surface area (Å²) in [6.45, 7) is 0. The fraction of sp³-hybridized carbons (Fsp3) is 0. The zero-order chi connectivity index (χ0) is 38.4. The highest BCUT2D eigenvalue weighted by atomic mass is 32.1. The molecule has 0 aliphatic carbocycles. The van der Waals surface area contributed by atoms with Crippen molar-refractivity contribution in [2.24, 2.45) is 0 Å². The monoisotopic (exact) mass is 759 g/mol. The Morgan fingerprint density at radius 3 is 1.47 bits per heavy atom. The van der Waals surface area contributed by atoms with E-state index in [1.807, 2.05) is 11.3 Å². The van der Waals surface area contributed by atoms with Crippen molar-refractivity contribution in [3.05, 3.63) is 224 Å². The van der Waals surface area contributed by atoms with E-state index in [1.54, 1.807) is 0 Å². The third kappa shape index (κ3) is 5.73. The Balaban J connectivity index is 1.20. The molecule has 3 nitrogen and oxygen atoms in total. The standard InChI is InChI=1S/C54H37N3S/c1-6-19-39(20-7-1)55(40-21-8-2-9-22-40)44-36-49-48-31-18-30-45(38-33-34-47-46-29-16-17-32-50(46)57(51(47)35-38)43-27-14-5-15-28-43)53(48)58-54(49)52(37-44)56(41-23-10-3-11-24-41)42-25-12-4-13-26-42/h1-37H. The van der Waals surface area contributed by atoms with E-state index in [-0.39, 0.29) is 0 Å². The zero-order valence-corrected chi connectivity index (χ0v) is 32.4. The highest BCUT2D eigenvalue weighted by Gasteiger charge is 2.24. The molecular weight excluding hydrogens is 723 g/mol. The molecule has 0 fully saturated rings. The molecule has 0 bridgehead atoms. The number of anilines is 6. The predicted molar refractivity (Wildman–Crippen MR) is 248 cm³/mol. The number of hydrogen-bond donors (Lipinski definition) is 0. The van der Waals surface area contributed by atoms with E-state index in [9.17, 15) is 0 Å². The van der Waals surface area contributed by atoms with Gasteiger partial charge in [0.15, 0.2) is 0 Å². The first kappa shape index (κ1) is 33.9. The van der Waals surface area contributed by atoms with Crippen LogP contribution in [-0.4, -0.2) is 4.57 Å². The van der Waals surface area contributed by atoms with Crippen molar-refractivity contribution in [3.8, 4) is 16.8 Å². The average molecular weight is 760 g/mol. The molecule has 2 aromatic heterocycles. The molecule has 58 heavy (non-hydrogen) atoms. The minimum Gasteiger partial charge on any atom is -0.310 e. The normalized spacial score (nSPS) is 11.4. The van der Waals surface area contributed by atoms with Crippen LogP contribution < -0.4 is 9.80 Å². The van der Waals surface area contributed by atoms with Crippen LogP contribution in [0.4, 0.5) is 34.1 Å². The second-order valence-electron chi connectivity index (χ2n) is 14.6. The number of para-hydroxylation sites is 6. The Morgan fingerprint density at radius 1 is 0.328 bits per heavy atom. The summed E-state index contributed by atoms with van der Waals surface area (Å²) in [6, 6.07) is 81.0. The Bertz CT molecular complexity index is 3130. The first-order valence-corrected chi connectivity index (χ1v) is 20.5. The summed E-state index contributed by atoms with van der Waals surface area (Å²) >= 11 is 1.88. The van der Waals surface area contributed by atoms with Gasteiger partial charge in [0, 0.05) is 60.4 Å². The summed E-state index contributed by atoms with van der Waals surface area (Å²) in [6.07, 6.45) is 0. The molecule has 0 amide bonds. The second kappa shape index (κ2) is 14.3. The molecule has 11 rings (SSSR count). The second-order valence-corrected chi connectivity index (χ2v) is 15.6. The van der Waals surface area contributed by atoms with Gasteiger partial charge in [-0.2, -0.15) is 0 Å². The molecule has 0 radical (unpaired) electrons. The molecule has 9 aromatic carbocycles. The van der Waals surface area contributed by atoms with Gasteiger partial charge in [-0.1, -0.05) is 140 Å². The number of aromatic nitrogens is 1. The van der Waals surface area contributed by atoms with Crippen LogP contribution in [0.15, 0.2) is 224 Å². The van der Waals surface area contributed by atoms with Crippen LogP contribution in [0.1, 0.15) is 0 Å². The van der Waals surface area contributed by atoms with Gasteiger partial charge in [0.25, 0.3) is 0 Å². The van der Waals surface area contributed by atoms with E-state index in [0.29, 0.717) is 0 Å². The first-order valence-electron chi connectivity index (χ1n) is 19.7. The van der Waals surface area contributed by atoms with Gasteiger partial charge >= 0.3 is 0 Å². The number of fused-ring (bicyclic) bond motifs is 6. The highest BCUT2D eigenvalue weighted by molar-refractivity contribution is 7.27. The molecule has 0 N–H and O–H groups in total. The molecule has 0 unspecified atom stereocenters. The fourth-order valence-corrected chi connectivity index (χ4v) is 9.89. The summed E-state index contributed by atoms with van der Waals surface area (Å²) in [5.41, 5.74) is 12.6. The van der Waals surface area contributed by atoms with Crippen LogP contribution in [0.5, 0.6) is 0 Å².